The molecule has 174 valence electrons. The number of carboxylic acids is 1. The highest BCUT2D eigenvalue weighted by atomic mass is 16.5. The van der Waals surface area contributed by atoms with E-state index < -0.39 is 17.8 Å². The number of hydrazine groups is 1. The SMILES string of the molecule is CC(=CC(=O)Nc1cc(C(=O)NN2CCOCC2)ccc1C(=O)O)c1ccc2ccccc2c1. The van der Waals surface area contributed by atoms with E-state index in [0.717, 1.165) is 21.9 Å². The average Bonchev–Trinajstić information content (AvgIpc) is 2.84. The zero-order chi connectivity index (χ0) is 24.1. The Morgan fingerprint density at radius 2 is 1.65 bits per heavy atom. The molecule has 1 fully saturated rings. The fourth-order valence-corrected chi connectivity index (χ4v) is 3.74. The largest absolute Gasteiger partial charge is 0.478 e. The van der Waals surface area contributed by atoms with Crippen LogP contribution in [0.25, 0.3) is 16.3 Å². The van der Waals surface area contributed by atoms with Crippen LogP contribution in [0.15, 0.2) is 66.7 Å². The Labute approximate surface area is 196 Å². The van der Waals surface area contributed by atoms with Gasteiger partial charge >= 0.3 is 5.97 Å². The normalized spacial score (nSPS) is 14.6. The van der Waals surface area contributed by atoms with Crippen LogP contribution in [0.1, 0.15) is 33.2 Å². The van der Waals surface area contributed by atoms with Crippen molar-refractivity contribution in [1.29, 1.82) is 0 Å². The number of nitrogens with zero attached hydrogens (tertiary/aromatic N) is 1. The van der Waals surface area contributed by atoms with Gasteiger partial charge < -0.3 is 15.2 Å². The standard InChI is InChI=1S/C26H25N3O5/c1-17(19-7-6-18-4-2-3-5-20(18)15-19)14-24(30)27-23-16-21(8-9-22(23)26(32)33)25(31)28-29-10-12-34-13-11-29/h2-9,14-16H,10-13H2,1H3,(H,27,30)(H,28,31)(H,32,33). The molecule has 3 N–H and O–H groups in total. The van der Waals surface area contributed by atoms with Gasteiger partial charge in [-0.2, -0.15) is 0 Å². The lowest BCUT2D eigenvalue weighted by molar-refractivity contribution is -0.111. The van der Waals surface area contributed by atoms with Crippen molar-refractivity contribution in [3.05, 3.63) is 83.4 Å². The minimum Gasteiger partial charge on any atom is -0.478 e. The molecule has 0 radical (unpaired) electrons. The Bertz CT molecular complexity index is 1280. The molecule has 0 aliphatic carbocycles. The van der Waals surface area contributed by atoms with Gasteiger partial charge in [-0.05, 0) is 53.1 Å². The summed E-state index contributed by atoms with van der Waals surface area (Å²) >= 11 is 0. The molecular formula is C26H25N3O5. The van der Waals surface area contributed by atoms with Crippen molar-refractivity contribution < 1.29 is 24.2 Å². The van der Waals surface area contributed by atoms with Crippen LogP contribution in [-0.2, 0) is 9.53 Å². The molecule has 3 aromatic rings. The molecule has 0 unspecified atom stereocenters. The molecule has 1 saturated heterocycles. The number of aromatic carboxylic acids is 1. The number of amides is 2. The molecule has 1 aliphatic heterocycles. The number of hydrogen-bond acceptors (Lipinski definition) is 5. The van der Waals surface area contributed by atoms with Crippen LogP contribution in [0.5, 0.6) is 0 Å². The first-order valence-electron chi connectivity index (χ1n) is 10.9. The second kappa shape index (κ2) is 10.3. The first-order chi connectivity index (χ1) is 16.4. The lowest BCUT2D eigenvalue weighted by atomic mass is 10.0. The molecule has 1 aliphatic rings. The van der Waals surface area contributed by atoms with E-state index in [2.05, 4.69) is 10.7 Å². The number of carbonyl (C=O) groups is 3. The monoisotopic (exact) mass is 459 g/mol. The molecule has 3 aromatic carbocycles. The highest BCUT2D eigenvalue weighted by Gasteiger charge is 2.18. The number of allylic oxidation sites excluding steroid dienone is 1. The maximum absolute atomic E-state index is 12.7. The first kappa shape index (κ1) is 23.2. The summed E-state index contributed by atoms with van der Waals surface area (Å²) in [6.07, 6.45) is 1.41. The number of anilines is 1. The van der Waals surface area contributed by atoms with Crippen LogP contribution in [0.3, 0.4) is 0 Å². The van der Waals surface area contributed by atoms with E-state index in [-0.39, 0.29) is 16.8 Å². The fourth-order valence-electron chi connectivity index (χ4n) is 3.74. The molecule has 34 heavy (non-hydrogen) atoms. The van der Waals surface area contributed by atoms with Crippen molar-refractivity contribution in [1.82, 2.24) is 10.4 Å². The van der Waals surface area contributed by atoms with Gasteiger partial charge in [-0.1, -0.05) is 36.4 Å². The molecule has 8 heteroatoms. The van der Waals surface area contributed by atoms with E-state index in [1.54, 1.807) is 5.01 Å². The summed E-state index contributed by atoms with van der Waals surface area (Å²) in [5.74, 6) is -2.08. The van der Waals surface area contributed by atoms with E-state index in [9.17, 15) is 19.5 Å². The molecule has 1 heterocycles. The third-order valence-corrected chi connectivity index (χ3v) is 5.59. The van der Waals surface area contributed by atoms with Crippen molar-refractivity contribution in [2.24, 2.45) is 0 Å². The highest BCUT2D eigenvalue weighted by Crippen LogP contribution is 2.22. The summed E-state index contributed by atoms with van der Waals surface area (Å²) in [5, 5.41) is 16.1. The average molecular weight is 460 g/mol. The van der Waals surface area contributed by atoms with E-state index in [4.69, 9.17) is 4.74 Å². The lowest BCUT2D eigenvalue weighted by Gasteiger charge is -2.27. The Kier molecular flexibility index (Phi) is 7.01. The number of rotatable bonds is 6. The summed E-state index contributed by atoms with van der Waals surface area (Å²) in [5.41, 5.74) is 4.56. The highest BCUT2D eigenvalue weighted by molar-refractivity contribution is 6.08. The van der Waals surface area contributed by atoms with Gasteiger partial charge in [0.05, 0.1) is 24.5 Å². The third kappa shape index (κ3) is 5.48. The van der Waals surface area contributed by atoms with Gasteiger partial charge in [0.15, 0.2) is 0 Å². The minimum absolute atomic E-state index is 0.0506. The second-order valence-electron chi connectivity index (χ2n) is 7.98. The molecular weight excluding hydrogens is 434 g/mol. The number of nitrogens with one attached hydrogen (secondary N) is 2. The summed E-state index contributed by atoms with van der Waals surface area (Å²) in [7, 11) is 0. The molecule has 8 nitrogen and oxygen atoms in total. The maximum Gasteiger partial charge on any atom is 0.337 e. The molecule has 0 saturated carbocycles. The van der Waals surface area contributed by atoms with E-state index in [0.29, 0.717) is 26.3 Å². The Hall–Kier alpha value is -4.01. The molecule has 0 bridgehead atoms. The first-order valence-corrected chi connectivity index (χ1v) is 10.9. The predicted molar refractivity (Wildman–Crippen MR) is 129 cm³/mol. The number of hydrogen-bond donors (Lipinski definition) is 3. The molecule has 0 aromatic heterocycles. The van der Waals surface area contributed by atoms with Crippen LogP contribution >= 0.6 is 0 Å². The van der Waals surface area contributed by atoms with Crippen molar-refractivity contribution in [2.45, 2.75) is 6.92 Å². The predicted octanol–water partition coefficient (Wildman–Crippen LogP) is 3.56. The zero-order valence-corrected chi connectivity index (χ0v) is 18.7. The molecule has 4 rings (SSSR count). The summed E-state index contributed by atoms with van der Waals surface area (Å²) < 4.78 is 5.27. The lowest BCUT2D eigenvalue weighted by Crippen LogP contribution is -2.48. The van der Waals surface area contributed by atoms with Crippen LogP contribution < -0.4 is 10.7 Å². The van der Waals surface area contributed by atoms with Crippen molar-refractivity contribution in [3.63, 3.8) is 0 Å². The third-order valence-electron chi connectivity index (χ3n) is 5.59. The summed E-state index contributed by atoms with van der Waals surface area (Å²) in [6.45, 7) is 3.96. The smallest absolute Gasteiger partial charge is 0.337 e. The van der Waals surface area contributed by atoms with Crippen LogP contribution in [0.4, 0.5) is 5.69 Å². The van der Waals surface area contributed by atoms with Gasteiger partial charge in [0.2, 0.25) is 5.91 Å². The van der Waals surface area contributed by atoms with Gasteiger partial charge in [0.1, 0.15) is 0 Å². The van der Waals surface area contributed by atoms with Gasteiger partial charge in [-0.25, -0.2) is 9.80 Å². The Morgan fingerprint density at radius 1 is 0.941 bits per heavy atom. The summed E-state index contributed by atoms with van der Waals surface area (Å²) in [6, 6.07) is 17.9. The van der Waals surface area contributed by atoms with E-state index >= 15 is 0 Å². The van der Waals surface area contributed by atoms with E-state index in [1.807, 2.05) is 49.4 Å². The Morgan fingerprint density at radius 3 is 2.38 bits per heavy atom. The van der Waals surface area contributed by atoms with E-state index in [1.165, 1.54) is 24.3 Å². The van der Waals surface area contributed by atoms with Gasteiger partial charge in [-0.15, -0.1) is 0 Å². The number of carboxylic acid groups (broad SMARTS) is 1. The summed E-state index contributed by atoms with van der Waals surface area (Å²) in [4.78, 5) is 37.0. The van der Waals surface area contributed by atoms with Crippen molar-refractivity contribution in [3.8, 4) is 0 Å². The Balaban J connectivity index is 1.53. The zero-order valence-electron chi connectivity index (χ0n) is 18.7. The van der Waals surface area contributed by atoms with Crippen LogP contribution in [0, 0.1) is 0 Å². The molecule has 0 atom stereocenters. The van der Waals surface area contributed by atoms with Gasteiger partial charge in [-0.3, -0.25) is 15.0 Å². The van der Waals surface area contributed by atoms with Gasteiger partial charge in [0, 0.05) is 24.7 Å². The number of fused-ring (bicyclic) bond motifs is 1. The molecule has 2 amide bonds. The van der Waals surface area contributed by atoms with Crippen molar-refractivity contribution in [2.75, 3.05) is 31.6 Å². The van der Waals surface area contributed by atoms with Gasteiger partial charge in [0.25, 0.3) is 5.91 Å². The number of morpholine rings is 1. The number of carbonyl (C=O) groups excluding carboxylic acids is 2. The van der Waals surface area contributed by atoms with Crippen LogP contribution in [0.2, 0.25) is 0 Å². The quantitative estimate of drug-likeness (QED) is 0.487. The topological polar surface area (TPSA) is 108 Å². The van der Waals surface area contributed by atoms with Crippen molar-refractivity contribution >= 4 is 39.8 Å². The fraction of sp³-hybridized carbons (Fsp3) is 0.192. The van der Waals surface area contributed by atoms with Crippen LogP contribution in [-0.4, -0.2) is 54.2 Å². The number of ether oxygens (including phenoxy) is 1. The molecule has 0 spiro atoms. The number of benzene rings is 3. The second-order valence-corrected chi connectivity index (χ2v) is 7.98. The maximum atomic E-state index is 12.7. The minimum atomic E-state index is -1.20.